The molecular formula is C40H72O12S. The number of unbranched alkanes of at least 4 members (excludes halogenated alkanes) is 16. The van der Waals surface area contributed by atoms with Gasteiger partial charge in [0.05, 0.1) is 19.8 Å². The molecule has 1 heterocycles. The van der Waals surface area contributed by atoms with E-state index in [0.717, 1.165) is 32.1 Å². The SMILES string of the molecule is CCCCCCC/C=C\C/C=C\C/C=C\CCCCCCCCCCCCCOCC(COC1OC(CO)C(O)C(OS(=O)(=O)O)C1O)OC(=O)CC. The summed E-state index contributed by atoms with van der Waals surface area (Å²) in [5.41, 5.74) is 0. The molecule has 1 saturated heterocycles. The second-order valence-corrected chi connectivity index (χ2v) is 14.9. The third-order valence-electron chi connectivity index (χ3n) is 9.07. The number of hydrogen-bond donors (Lipinski definition) is 4. The first-order valence-corrected chi connectivity index (χ1v) is 21.6. The van der Waals surface area contributed by atoms with Crippen molar-refractivity contribution >= 4 is 16.4 Å². The van der Waals surface area contributed by atoms with Gasteiger partial charge in [-0.3, -0.25) is 9.35 Å². The average Bonchev–Trinajstić information content (AvgIpc) is 3.13. The van der Waals surface area contributed by atoms with Gasteiger partial charge in [0.2, 0.25) is 0 Å². The number of allylic oxidation sites excluding steroid dienone is 6. The molecule has 0 aromatic carbocycles. The molecule has 1 rings (SSSR count). The highest BCUT2D eigenvalue weighted by atomic mass is 32.3. The van der Waals surface area contributed by atoms with Gasteiger partial charge < -0.3 is 34.3 Å². The molecular weight excluding hydrogens is 704 g/mol. The summed E-state index contributed by atoms with van der Waals surface area (Å²) >= 11 is 0. The molecule has 0 aromatic rings. The van der Waals surface area contributed by atoms with Crippen LogP contribution in [0.5, 0.6) is 0 Å². The number of hydrogen-bond acceptors (Lipinski definition) is 11. The van der Waals surface area contributed by atoms with E-state index in [1.807, 2.05) is 0 Å². The first-order chi connectivity index (χ1) is 25.6. The Morgan fingerprint density at radius 1 is 0.717 bits per heavy atom. The molecule has 1 fully saturated rings. The predicted octanol–water partition coefficient (Wildman–Crippen LogP) is 7.46. The molecule has 6 atom stereocenters. The van der Waals surface area contributed by atoms with E-state index in [0.29, 0.717) is 6.61 Å². The molecule has 0 aromatic heterocycles. The lowest BCUT2D eigenvalue weighted by molar-refractivity contribution is -0.301. The summed E-state index contributed by atoms with van der Waals surface area (Å²) < 4.78 is 57.7. The van der Waals surface area contributed by atoms with E-state index in [2.05, 4.69) is 47.6 Å². The van der Waals surface area contributed by atoms with Gasteiger partial charge in [-0.1, -0.05) is 134 Å². The monoisotopic (exact) mass is 776 g/mol. The Bertz CT molecular complexity index is 1080. The Hall–Kier alpha value is -1.68. The largest absolute Gasteiger partial charge is 0.457 e. The standard InChI is InChI=1S/C40H72O12S/c1-3-5-6-7-8-9-10-11-12-13-14-15-16-17-18-19-20-21-22-23-24-25-26-27-28-29-30-48-32-34(50-36(42)4-2)33-49-40-38(44)39(52-53(45,46)47)37(43)35(31-41)51-40/h10-11,13-14,16-17,34-35,37-41,43-44H,3-9,12,15,18-33H2,1-2H3,(H,45,46,47)/b11-10-,14-13-,17-16-. The highest BCUT2D eigenvalue weighted by molar-refractivity contribution is 7.80. The van der Waals surface area contributed by atoms with Crippen molar-refractivity contribution in [3.05, 3.63) is 36.5 Å². The fraction of sp³-hybridized carbons (Fsp3) is 0.825. The van der Waals surface area contributed by atoms with E-state index in [1.165, 1.54) is 96.3 Å². The molecule has 13 heteroatoms. The van der Waals surface area contributed by atoms with Crippen LogP contribution >= 0.6 is 0 Å². The molecule has 0 amide bonds. The molecule has 12 nitrogen and oxygen atoms in total. The average molecular weight is 777 g/mol. The van der Waals surface area contributed by atoms with E-state index in [1.54, 1.807) is 6.92 Å². The molecule has 4 N–H and O–H groups in total. The summed E-state index contributed by atoms with van der Waals surface area (Å²) in [6.07, 6.45) is 28.9. The molecule has 0 bridgehead atoms. The number of rotatable bonds is 34. The maximum atomic E-state index is 11.9. The smallest absolute Gasteiger partial charge is 0.397 e. The highest BCUT2D eigenvalue weighted by Gasteiger charge is 2.48. The first kappa shape index (κ1) is 49.3. The number of carbonyl (C=O) groups is 1. The minimum Gasteiger partial charge on any atom is -0.457 e. The van der Waals surface area contributed by atoms with E-state index in [-0.39, 0.29) is 19.6 Å². The van der Waals surface area contributed by atoms with E-state index in [9.17, 15) is 28.5 Å². The van der Waals surface area contributed by atoms with Crippen LogP contribution in [0.15, 0.2) is 36.5 Å². The quantitative estimate of drug-likeness (QED) is 0.0220. The molecule has 1 aliphatic rings. The predicted molar refractivity (Wildman–Crippen MR) is 207 cm³/mol. The van der Waals surface area contributed by atoms with Gasteiger partial charge in [-0.25, -0.2) is 4.18 Å². The van der Waals surface area contributed by atoms with E-state index in [4.69, 9.17) is 23.5 Å². The summed E-state index contributed by atoms with van der Waals surface area (Å²) in [7, 11) is -5.04. The van der Waals surface area contributed by atoms with Crippen LogP contribution in [0.3, 0.4) is 0 Å². The van der Waals surface area contributed by atoms with Gasteiger partial charge in [0, 0.05) is 13.0 Å². The Morgan fingerprint density at radius 3 is 1.74 bits per heavy atom. The summed E-state index contributed by atoms with van der Waals surface area (Å²) in [6, 6.07) is 0. The summed E-state index contributed by atoms with van der Waals surface area (Å²) in [4.78, 5) is 11.9. The van der Waals surface area contributed by atoms with Gasteiger partial charge in [-0.2, -0.15) is 8.42 Å². The molecule has 0 saturated carbocycles. The van der Waals surface area contributed by atoms with Crippen LogP contribution in [-0.4, -0.2) is 97.5 Å². The van der Waals surface area contributed by atoms with Crippen LogP contribution in [-0.2, 0) is 38.3 Å². The number of esters is 1. The lowest BCUT2D eigenvalue weighted by Gasteiger charge is -2.41. The van der Waals surface area contributed by atoms with E-state index >= 15 is 0 Å². The molecule has 310 valence electrons. The highest BCUT2D eigenvalue weighted by Crippen LogP contribution is 2.26. The van der Waals surface area contributed by atoms with Gasteiger partial charge in [0.25, 0.3) is 0 Å². The fourth-order valence-electron chi connectivity index (χ4n) is 5.95. The summed E-state index contributed by atoms with van der Waals surface area (Å²) in [5, 5.41) is 30.1. The van der Waals surface area contributed by atoms with Crippen LogP contribution in [0.1, 0.15) is 149 Å². The number of aliphatic hydroxyl groups is 3. The number of carbonyl (C=O) groups excluding carboxylic acids is 1. The second-order valence-electron chi connectivity index (χ2n) is 13.8. The Kier molecular flexibility index (Phi) is 30.3. The molecule has 0 spiro atoms. The summed E-state index contributed by atoms with van der Waals surface area (Å²) in [6.45, 7) is 3.35. The minimum absolute atomic E-state index is 0.0244. The maximum absolute atomic E-state index is 11.9. The van der Waals surface area contributed by atoms with Crippen LogP contribution in [0.25, 0.3) is 0 Å². The molecule has 0 aliphatic carbocycles. The van der Waals surface area contributed by atoms with Crippen LogP contribution in [0, 0.1) is 0 Å². The third kappa shape index (κ3) is 26.7. The van der Waals surface area contributed by atoms with Crippen molar-refractivity contribution in [1.29, 1.82) is 0 Å². The first-order valence-electron chi connectivity index (χ1n) is 20.2. The van der Waals surface area contributed by atoms with Gasteiger partial charge >= 0.3 is 16.4 Å². The molecule has 53 heavy (non-hydrogen) atoms. The fourth-order valence-corrected chi connectivity index (χ4v) is 6.46. The summed E-state index contributed by atoms with van der Waals surface area (Å²) in [5.74, 6) is -0.489. The van der Waals surface area contributed by atoms with Crippen molar-refractivity contribution in [3.63, 3.8) is 0 Å². The zero-order valence-electron chi connectivity index (χ0n) is 32.6. The Morgan fingerprint density at radius 2 is 1.23 bits per heavy atom. The number of ether oxygens (including phenoxy) is 4. The lowest BCUT2D eigenvalue weighted by Crippen LogP contribution is -2.60. The van der Waals surface area contributed by atoms with Crippen molar-refractivity contribution in [2.75, 3.05) is 26.4 Å². The van der Waals surface area contributed by atoms with Crippen molar-refractivity contribution in [2.45, 2.75) is 185 Å². The van der Waals surface area contributed by atoms with Crippen molar-refractivity contribution in [1.82, 2.24) is 0 Å². The van der Waals surface area contributed by atoms with Gasteiger partial charge in [-0.05, 0) is 44.9 Å². The van der Waals surface area contributed by atoms with Crippen molar-refractivity contribution in [2.24, 2.45) is 0 Å². The zero-order chi connectivity index (χ0) is 39.0. The van der Waals surface area contributed by atoms with Crippen LogP contribution in [0.2, 0.25) is 0 Å². The van der Waals surface area contributed by atoms with Crippen molar-refractivity contribution in [3.8, 4) is 0 Å². The second kappa shape index (κ2) is 32.6. The van der Waals surface area contributed by atoms with E-state index < -0.39 is 59.8 Å². The Balaban J connectivity index is 2.08. The minimum atomic E-state index is -5.04. The normalized spacial score (nSPS) is 21.7. The third-order valence-corrected chi connectivity index (χ3v) is 9.54. The van der Waals surface area contributed by atoms with Gasteiger partial charge in [0.1, 0.15) is 30.5 Å². The number of aliphatic hydroxyl groups excluding tert-OH is 3. The maximum Gasteiger partial charge on any atom is 0.397 e. The molecule has 1 aliphatic heterocycles. The lowest BCUT2D eigenvalue weighted by atomic mass is 9.99. The zero-order valence-corrected chi connectivity index (χ0v) is 33.4. The Labute approximate surface area is 320 Å². The topological polar surface area (TPSA) is 178 Å². The van der Waals surface area contributed by atoms with Crippen LogP contribution < -0.4 is 0 Å². The van der Waals surface area contributed by atoms with Gasteiger partial charge in [-0.15, -0.1) is 0 Å². The van der Waals surface area contributed by atoms with Crippen LogP contribution in [0.4, 0.5) is 0 Å². The molecule has 0 radical (unpaired) electrons. The molecule has 6 unspecified atom stereocenters. The van der Waals surface area contributed by atoms with Crippen molar-refractivity contribution < 1.29 is 56.2 Å². The van der Waals surface area contributed by atoms with Gasteiger partial charge in [0.15, 0.2) is 6.29 Å².